The van der Waals surface area contributed by atoms with Gasteiger partial charge in [0.1, 0.15) is 17.7 Å². The van der Waals surface area contributed by atoms with Gasteiger partial charge >= 0.3 is 6.09 Å². The number of carbonyl (C=O) groups excluding carboxylic acids is 1. The first-order chi connectivity index (χ1) is 13.1. The highest BCUT2D eigenvalue weighted by Crippen LogP contribution is 2.23. The summed E-state index contributed by atoms with van der Waals surface area (Å²) >= 11 is 0. The van der Waals surface area contributed by atoms with Crippen LogP contribution in [0, 0.1) is 11.3 Å². The number of aliphatic hydroxyl groups is 1. The normalized spacial score (nSPS) is 20.3. The summed E-state index contributed by atoms with van der Waals surface area (Å²) in [6.45, 7) is 0.798. The van der Waals surface area contributed by atoms with E-state index in [9.17, 15) is 14.9 Å². The number of hydrogen-bond donors (Lipinski definition) is 2. The summed E-state index contributed by atoms with van der Waals surface area (Å²) in [6, 6.07) is 2.12. The first kappa shape index (κ1) is 19.2. The fourth-order valence-corrected chi connectivity index (χ4v) is 3.72. The van der Waals surface area contributed by atoms with Gasteiger partial charge in [0, 0.05) is 19.0 Å². The summed E-state index contributed by atoms with van der Waals surface area (Å²) in [5, 5.41) is 25.3. The molecule has 0 radical (unpaired) electrons. The van der Waals surface area contributed by atoms with E-state index in [0.29, 0.717) is 25.2 Å². The number of nitrogens with zero attached hydrogens (tertiary/aromatic N) is 4. The molecule has 1 atom stereocenters. The van der Waals surface area contributed by atoms with Gasteiger partial charge in [0.15, 0.2) is 0 Å². The number of ether oxygens (including phenoxy) is 1. The smallest absolute Gasteiger partial charge is 0.407 e. The highest BCUT2D eigenvalue weighted by Gasteiger charge is 2.29. The minimum absolute atomic E-state index is 0.00856. The molecule has 1 aromatic heterocycles. The van der Waals surface area contributed by atoms with E-state index in [1.54, 1.807) is 0 Å². The van der Waals surface area contributed by atoms with E-state index in [1.165, 1.54) is 12.6 Å². The molecule has 1 amide bonds. The Labute approximate surface area is 157 Å². The fourth-order valence-electron chi connectivity index (χ4n) is 3.72. The maximum Gasteiger partial charge on any atom is 0.407 e. The second-order valence-electron chi connectivity index (χ2n) is 7.01. The number of anilines is 1. The first-order valence-corrected chi connectivity index (χ1v) is 9.45. The average Bonchev–Trinajstić information content (AvgIpc) is 3.12. The Morgan fingerprint density at radius 1 is 1.37 bits per heavy atom. The van der Waals surface area contributed by atoms with Crippen LogP contribution in [0.4, 0.5) is 10.5 Å². The average molecular weight is 375 g/mol. The predicted octanol–water partition coefficient (Wildman–Crippen LogP) is 0.745. The maximum atomic E-state index is 12.3. The number of carbonyl (C=O) groups is 1. The Morgan fingerprint density at radius 2 is 2.15 bits per heavy atom. The van der Waals surface area contributed by atoms with E-state index in [4.69, 9.17) is 9.84 Å². The minimum Gasteiger partial charge on any atom is -0.444 e. The third-order valence-corrected chi connectivity index (χ3v) is 5.13. The van der Waals surface area contributed by atoms with Crippen molar-refractivity contribution in [2.24, 2.45) is 0 Å². The van der Waals surface area contributed by atoms with Crippen LogP contribution in [0.1, 0.15) is 44.1 Å². The molecule has 1 aliphatic carbocycles. The van der Waals surface area contributed by atoms with Gasteiger partial charge < -0.3 is 20.1 Å². The second-order valence-corrected chi connectivity index (χ2v) is 7.01. The van der Waals surface area contributed by atoms with Crippen molar-refractivity contribution in [3.8, 4) is 6.07 Å². The molecule has 1 saturated heterocycles. The highest BCUT2D eigenvalue weighted by atomic mass is 16.6. The molecule has 9 heteroatoms. The van der Waals surface area contributed by atoms with Gasteiger partial charge in [-0.2, -0.15) is 10.4 Å². The van der Waals surface area contributed by atoms with Crippen LogP contribution in [0.3, 0.4) is 0 Å². The lowest BCUT2D eigenvalue weighted by Crippen LogP contribution is -2.39. The molecule has 0 aromatic carbocycles. The third-order valence-electron chi connectivity index (χ3n) is 5.13. The summed E-state index contributed by atoms with van der Waals surface area (Å²) in [6.07, 6.45) is 6.87. The van der Waals surface area contributed by atoms with Crippen LogP contribution < -0.4 is 15.8 Å². The molecule has 2 aliphatic rings. The van der Waals surface area contributed by atoms with Crippen LogP contribution >= 0.6 is 0 Å². The number of alkyl carbamates (subject to hydrolysis) is 1. The zero-order chi connectivity index (χ0) is 19.2. The topological polar surface area (TPSA) is 120 Å². The maximum absolute atomic E-state index is 12.3. The van der Waals surface area contributed by atoms with Crippen LogP contribution in [0.25, 0.3) is 0 Å². The lowest BCUT2D eigenvalue weighted by Gasteiger charge is -2.23. The third kappa shape index (κ3) is 4.57. The van der Waals surface area contributed by atoms with Crippen LogP contribution in [0.15, 0.2) is 11.0 Å². The van der Waals surface area contributed by atoms with Gasteiger partial charge in [-0.15, -0.1) is 0 Å². The number of aliphatic hydroxyl groups excluding tert-OH is 1. The standard InChI is InChI=1S/C18H25N5O4/c19-10-15-16(11-20-23(8-9-24)17(15)25)22-7-6-14(12-22)27-18(26)21-13-4-2-1-3-5-13/h11,13-14,24H,1-9,12H2,(H,21,26)/t14-/m1/s1. The largest absolute Gasteiger partial charge is 0.444 e. The Morgan fingerprint density at radius 3 is 2.85 bits per heavy atom. The summed E-state index contributed by atoms with van der Waals surface area (Å²) in [7, 11) is 0. The summed E-state index contributed by atoms with van der Waals surface area (Å²) in [5.41, 5.74) is -0.0929. The lowest BCUT2D eigenvalue weighted by molar-refractivity contribution is 0.103. The van der Waals surface area contributed by atoms with Gasteiger partial charge in [-0.1, -0.05) is 19.3 Å². The predicted molar refractivity (Wildman–Crippen MR) is 97.4 cm³/mol. The summed E-state index contributed by atoms with van der Waals surface area (Å²) in [5.74, 6) is 0. The van der Waals surface area contributed by atoms with Gasteiger partial charge in [0.2, 0.25) is 0 Å². The molecule has 2 fully saturated rings. The Bertz CT molecular complexity index is 766. The van der Waals surface area contributed by atoms with Crippen molar-refractivity contribution in [2.75, 3.05) is 24.6 Å². The van der Waals surface area contributed by atoms with Crippen molar-refractivity contribution in [1.29, 1.82) is 5.26 Å². The molecule has 1 aliphatic heterocycles. The zero-order valence-corrected chi connectivity index (χ0v) is 15.3. The van der Waals surface area contributed by atoms with Crippen molar-refractivity contribution in [1.82, 2.24) is 15.1 Å². The second kappa shape index (κ2) is 8.86. The molecule has 1 aromatic rings. The molecule has 2 heterocycles. The number of aromatic nitrogens is 2. The molecular weight excluding hydrogens is 350 g/mol. The van der Waals surface area contributed by atoms with Crippen molar-refractivity contribution < 1.29 is 14.6 Å². The summed E-state index contributed by atoms with van der Waals surface area (Å²) in [4.78, 5) is 26.2. The molecule has 146 valence electrons. The van der Waals surface area contributed by atoms with E-state index in [-0.39, 0.29) is 30.9 Å². The SMILES string of the molecule is N#Cc1c(N2CC[C@@H](OC(=O)NC3CCCCC3)C2)cnn(CCO)c1=O. The molecule has 9 nitrogen and oxygen atoms in total. The Balaban J connectivity index is 1.60. The van der Waals surface area contributed by atoms with E-state index in [0.717, 1.165) is 30.4 Å². The van der Waals surface area contributed by atoms with Gasteiger partial charge in [0.05, 0.1) is 31.6 Å². The first-order valence-electron chi connectivity index (χ1n) is 9.45. The summed E-state index contributed by atoms with van der Waals surface area (Å²) < 4.78 is 6.59. The lowest BCUT2D eigenvalue weighted by atomic mass is 9.96. The Hall–Kier alpha value is -2.60. The van der Waals surface area contributed by atoms with E-state index < -0.39 is 11.7 Å². The quantitative estimate of drug-likeness (QED) is 0.779. The van der Waals surface area contributed by atoms with Crippen molar-refractivity contribution >= 4 is 11.8 Å². The molecule has 0 spiro atoms. The number of hydrogen-bond acceptors (Lipinski definition) is 7. The molecule has 1 saturated carbocycles. The van der Waals surface area contributed by atoms with Crippen LogP contribution in [0.2, 0.25) is 0 Å². The van der Waals surface area contributed by atoms with Gasteiger partial charge in [-0.3, -0.25) is 4.79 Å². The van der Waals surface area contributed by atoms with Crippen molar-refractivity contribution in [3.63, 3.8) is 0 Å². The number of rotatable bonds is 5. The molecular formula is C18H25N5O4. The number of amides is 1. The monoisotopic (exact) mass is 375 g/mol. The van der Waals surface area contributed by atoms with E-state index in [1.807, 2.05) is 11.0 Å². The molecule has 0 unspecified atom stereocenters. The Kier molecular flexibility index (Phi) is 6.29. The van der Waals surface area contributed by atoms with Gasteiger partial charge in [-0.05, 0) is 12.8 Å². The number of nitriles is 1. The van der Waals surface area contributed by atoms with Crippen molar-refractivity contribution in [3.05, 3.63) is 22.1 Å². The van der Waals surface area contributed by atoms with Gasteiger partial charge in [0.25, 0.3) is 5.56 Å². The molecule has 27 heavy (non-hydrogen) atoms. The van der Waals surface area contributed by atoms with Crippen LogP contribution in [0.5, 0.6) is 0 Å². The highest BCUT2D eigenvalue weighted by molar-refractivity contribution is 5.68. The zero-order valence-electron chi connectivity index (χ0n) is 15.3. The minimum atomic E-state index is -0.525. The molecule has 3 rings (SSSR count). The fraction of sp³-hybridized carbons (Fsp3) is 0.667. The van der Waals surface area contributed by atoms with Crippen LogP contribution in [-0.2, 0) is 11.3 Å². The van der Waals surface area contributed by atoms with E-state index >= 15 is 0 Å². The van der Waals surface area contributed by atoms with Crippen LogP contribution in [-0.4, -0.2) is 52.8 Å². The molecule has 2 N–H and O–H groups in total. The molecule has 0 bridgehead atoms. The van der Waals surface area contributed by atoms with Crippen molar-refractivity contribution in [2.45, 2.75) is 57.2 Å². The van der Waals surface area contributed by atoms with E-state index in [2.05, 4.69) is 10.4 Å². The van der Waals surface area contributed by atoms with Gasteiger partial charge in [-0.25, -0.2) is 9.48 Å². The number of nitrogens with one attached hydrogen (secondary N) is 1.